The van der Waals surface area contributed by atoms with E-state index in [1.54, 1.807) is 24.9 Å². The molecule has 0 bridgehead atoms. The predicted molar refractivity (Wildman–Crippen MR) is 89.9 cm³/mol. The van der Waals surface area contributed by atoms with Gasteiger partial charge in [0.2, 0.25) is 0 Å². The molecule has 0 amide bonds. The van der Waals surface area contributed by atoms with E-state index in [9.17, 15) is 15.2 Å². The van der Waals surface area contributed by atoms with Crippen LogP contribution in [0.1, 0.15) is 18.1 Å². The van der Waals surface area contributed by atoms with E-state index in [-0.39, 0.29) is 38.9 Å². The Hall–Kier alpha value is -0.630. The summed E-state index contributed by atoms with van der Waals surface area (Å²) in [5.41, 5.74) is 0.267. The Bertz CT molecular complexity index is 655. The van der Waals surface area contributed by atoms with Gasteiger partial charge in [-0.1, -0.05) is 18.5 Å². The molecule has 8 heteroatoms. The predicted octanol–water partition coefficient (Wildman–Crippen LogP) is 3.35. The molecule has 1 aliphatic carbocycles. The molecule has 0 saturated carbocycles. The maximum Gasteiger partial charge on any atom is 0.288 e. The van der Waals surface area contributed by atoms with Crippen molar-refractivity contribution < 1.29 is 10.0 Å². The van der Waals surface area contributed by atoms with Gasteiger partial charge in [0.1, 0.15) is 10.6 Å². The summed E-state index contributed by atoms with van der Waals surface area (Å²) in [5.74, 6) is -0.162. The summed E-state index contributed by atoms with van der Waals surface area (Å²) in [5, 5.41) is 23.1. The van der Waals surface area contributed by atoms with E-state index in [0.717, 1.165) is 10.6 Å². The van der Waals surface area contributed by atoms with E-state index in [1.165, 1.54) is 6.07 Å². The first-order valence-electron chi connectivity index (χ1n) is 6.22. The van der Waals surface area contributed by atoms with Gasteiger partial charge in [-0.3, -0.25) is 15.1 Å². The average Bonchev–Trinajstić information content (AvgIpc) is 2.79. The van der Waals surface area contributed by atoms with Crippen LogP contribution in [0.4, 0.5) is 5.69 Å². The molecule has 1 heterocycles. The SMILES string of the molecule is Br.CN=C1SC2Cc3cc(Cl)c([N+](=O)[O-])cc3C2(O)C1C. The highest BCUT2D eigenvalue weighted by molar-refractivity contribution is 8.93. The fraction of sp³-hybridized carbons (Fsp3) is 0.462. The zero-order chi connectivity index (χ0) is 14.7. The van der Waals surface area contributed by atoms with Gasteiger partial charge >= 0.3 is 0 Å². The Morgan fingerprint density at radius 1 is 1.57 bits per heavy atom. The zero-order valence-corrected chi connectivity index (χ0v) is 14.7. The third-order valence-corrected chi connectivity index (χ3v) is 6.10. The van der Waals surface area contributed by atoms with Crippen LogP contribution >= 0.6 is 40.3 Å². The lowest BCUT2D eigenvalue weighted by Gasteiger charge is -2.27. The monoisotopic (exact) mass is 392 g/mol. The van der Waals surface area contributed by atoms with Gasteiger partial charge in [-0.15, -0.1) is 28.7 Å². The van der Waals surface area contributed by atoms with Crippen LogP contribution < -0.4 is 0 Å². The number of hydrogen-bond acceptors (Lipinski definition) is 5. The molecule has 2 aliphatic rings. The normalized spacial score (nSPS) is 31.7. The third-order valence-electron chi connectivity index (χ3n) is 4.21. The van der Waals surface area contributed by atoms with Gasteiger partial charge in [0.25, 0.3) is 5.69 Å². The number of nitrogens with zero attached hydrogens (tertiary/aromatic N) is 2. The van der Waals surface area contributed by atoms with E-state index in [0.29, 0.717) is 12.0 Å². The van der Waals surface area contributed by atoms with Gasteiger partial charge in [-0.2, -0.15) is 0 Å². The van der Waals surface area contributed by atoms with Crippen molar-refractivity contribution in [2.45, 2.75) is 24.2 Å². The summed E-state index contributed by atoms with van der Waals surface area (Å²) in [4.78, 5) is 14.7. The van der Waals surface area contributed by atoms with Crippen molar-refractivity contribution in [1.82, 2.24) is 0 Å². The second-order valence-corrected chi connectivity index (χ2v) is 6.77. The lowest BCUT2D eigenvalue weighted by Crippen LogP contribution is -2.36. The van der Waals surface area contributed by atoms with Crippen LogP contribution in [0.15, 0.2) is 17.1 Å². The molecule has 0 aromatic heterocycles. The number of rotatable bonds is 1. The van der Waals surface area contributed by atoms with Crippen molar-refractivity contribution in [3.63, 3.8) is 0 Å². The summed E-state index contributed by atoms with van der Waals surface area (Å²) in [6.07, 6.45) is 0.650. The lowest BCUT2D eigenvalue weighted by molar-refractivity contribution is -0.384. The number of halogens is 2. The van der Waals surface area contributed by atoms with Crippen LogP contribution in [0.25, 0.3) is 0 Å². The number of benzene rings is 1. The van der Waals surface area contributed by atoms with Crippen LogP contribution in [0, 0.1) is 16.0 Å². The van der Waals surface area contributed by atoms with Crippen molar-refractivity contribution >= 4 is 51.1 Å². The number of aliphatic imine (C=N–C) groups is 1. The first-order valence-corrected chi connectivity index (χ1v) is 7.48. The molecular formula is C13H14BrClN2O3S. The van der Waals surface area contributed by atoms with Crippen LogP contribution in [-0.2, 0) is 12.0 Å². The van der Waals surface area contributed by atoms with E-state index in [1.807, 2.05) is 6.92 Å². The van der Waals surface area contributed by atoms with Gasteiger partial charge < -0.3 is 5.11 Å². The van der Waals surface area contributed by atoms with Gasteiger partial charge in [0, 0.05) is 24.3 Å². The van der Waals surface area contributed by atoms with E-state index in [2.05, 4.69) is 4.99 Å². The highest BCUT2D eigenvalue weighted by atomic mass is 79.9. The highest BCUT2D eigenvalue weighted by Crippen LogP contribution is 2.56. The summed E-state index contributed by atoms with van der Waals surface area (Å²) >= 11 is 7.50. The van der Waals surface area contributed by atoms with Crippen molar-refractivity contribution in [3.8, 4) is 0 Å². The standard InChI is InChI=1S/C13H13ClN2O3S.BrH/c1-6-12(15-2)20-11-4-7-3-9(14)10(16(18)19)5-8(7)13(6,11)17;/h3,5-6,11,17H,4H2,1-2H3;1H. The molecule has 1 saturated heterocycles. The van der Waals surface area contributed by atoms with Gasteiger partial charge in [-0.05, 0) is 23.6 Å². The fourth-order valence-electron chi connectivity index (χ4n) is 3.14. The molecule has 1 N–H and O–H groups in total. The Morgan fingerprint density at radius 3 is 2.81 bits per heavy atom. The molecule has 1 aromatic rings. The molecule has 21 heavy (non-hydrogen) atoms. The molecule has 3 rings (SSSR count). The minimum atomic E-state index is -1.09. The molecule has 114 valence electrons. The summed E-state index contributed by atoms with van der Waals surface area (Å²) in [6.45, 7) is 1.91. The van der Waals surface area contributed by atoms with Gasteiger partial charge in [0.05, 0.1) is 9.97 Å². The van der Waals surface area contributed by atoms with E-state index in [4.69, 9.17) is 11.6 Å². The summed E-state index contributed by atoms with van der Waals surface area (Å²) < 4.78 is 0. The highest BCUT2D eigenvalue weighted by Gasteiger charge is 2.57. The second-order valence-electron chi connectivity index (χ2n) is 5.14. The maximum absolute atomic E-state index is 11.1. The largest absolute Gasteiger partial charge is 0.383 e. The molecular weight excluding hydrogens is 380 g/mol. The Morgan fingerprint density at radius 2 is 2.24 bits per heavy atom. The Labute approximate surface area is 141 Å². The number of aliphatic hydroxyl groups is 1. The summed E-state index contributed by atoms with van der Waals surface area (Å²) in [7, 11) is 1.70. The number of hydrogen-bond donors (Lipinski definition) is 1. The zero-order valence-electron chi connectivity index (χ0n) is 11.4. The van der Waals surface area contributed by atoms with Crippen molar-refractivity contribution in [3.05, 3.63) is 38.4 Å². The number of nitro benzene ring substituents is 1. The van der Waals surface area contributed by atoms with Crippen LogP contribution in [-0.4, -0.2) is 27.4 Å². The van der Waals surface area contributed by atoms with Crippen LogP contribution in [0.3, 0.4) is 0 Å². The van der Waals surface area contributed by atoms with Crippen molar-refractivity contribution in [2.75, 3.05) is 7.05 Å². The average molecular weight is 394 g/mol. The topological polar surface area (TPSA) is 75.7 Å². The molecule has 0 radical (unpaired) electrons. The fourth-order valence-corrected chi connectivity index (χ4v) is 4.95. The number of thioether (sulfide) groups is 1. The first-order chi connectivity index (χ1) is 9.39. The minimum absolute atomic E-state index is 0. The Kier molecular flexibility index (Phi) is 4.41. The third kappa shape index (κ3) is 2.21. The smallest absolute Gasteiger partial charge is 0.288 e. The van der Waals surface area contributed by atoms with E-state index < -0.39 is 10.5 Å². The minimum Gasteiger partial charge on any atom is -0.383 e. The van der Waals surface area contributed by atoms with Crippen LogP contribution in [0.5, 0.6) is 0 Å². The Balaban J connectivity index is 0.00000161. The van der Waals surface area contributed by atoms with Gasteiger partial charge in [0.15, 0.2) is 0 Å². The van der Waals surface area contributed by atoms with Crippen molar-refractivity contribution in [1.29, 1.82) is 0 Å². The quantitative estimate of drug-likeness (QED) is 0.586. The second kappa shape index (κ2) is 5.53. The first kappa shape index (κ1) is 16.7. The maximum atomic E-state index is 11.1. The van der Waals surface area contributed by atoms with Crippen molar-refractivity contribution in [2.24, 2.45) is 10.9 Å². The summed E-state index contributed by atoms with van der Waals surface area (Å²) in [6, 6.07) is 3.04. The number of fused-ring (bicyclic) bond motifs is 3. The van der Waals surface area contributed by atoms with Crippen LogP contribution in [0.2, 0.25) is 5.02 Å². The molecule has 3 atom stereocenters. The molecule has 5 nitrogen and oxygen atoms in total. The molecule has 0 spiro atoms. The van der Waals surface area contributed by atoms with Gasteiger partial charge in [-0.25, -0.2) is 0 Å². The molecule has 1 aromatic carbocycles. The molecule has 1 aliphatic heterocycles. The number of nitro groups is 1. The van der Waals surface area contributed by atoms with E-state index >= 15 is 0 Å². The molecule has 1 fully saturated rings. The lowest BCUT2D eigenvalue weighted by atomic mass is 9.84. The molecule has 3 unspecified atom stereocenters.